The molecular formula is C24H33N3O. The van der Waals surface area contributed by atoms with Gasteiger partial charge < -0.3 is 5.11 Å². The van der Waals surface area contributed by atoms with Crippen LogP contribution in [0.5, 0.6) is 0 Å². The van der Waals surface area contributed by atoms with Gasteiger partial charge in [0.2, 0.25) is 0 Å². The molecule has 4 heteroatoms. The summed E-state index contributed by atoms with van der Waals surface area (Å²) in [6, 6.07) is 14.5. The first-order valence-electron chi connectivity index (χ1n) is 10.2. The van der Waals surface area contributed by atoms with Crippen molar-refractivity contribution in [1.82, 2.24) is 15.0 Å². The highest BCUT2D eigenvalue weighted by Gasteiger charge is 2.27. The Labute approximate surface area is 168 Å². The Morgan fingerprint density at radius 3 is 2.39 bits per heavy atom. The molecule has 0 aliphatic rings. The number of fused-ring (bicyclic) bond motifs is 1. The molecule has 150 valence electrons. The van der Waals surface area contributed by atoms with Crippen molar-refractivity contribution >= 4 is 11.0 Å². The maximum atomic E-state index is 10.1. The lowest BCUT2D eigenvalue weighted by atomic mass is 9.72. The zero-order chi connectivity index (χ0) is 20.5. The van der Waals surface area contributed by atoms with E-state index in [0.717, 1.165) is 35.1 Å². The quantitative estimate of drug-likeness (QED) is 0.620. The number of aromatic nitrogens is 3. The smallest absolute Gasteiger partial charge is 0.116 e. The highest BCUT2D eigenvalue weighted by Crippen LogP contribution is 2.36. The highest BCUT2D eigenvalue weighted by atomic mass is 16.3. The zero-order valence-electron chi connectivity index (χ0n) is 18.0. The molecule has 1 N–H and O–H groups in total. The summed E-state index contributed by atoms with van der Waals surface area (Å²) in [6.45, 7) is 13.4. The standard InChI is InChI=1S/C24H33N3O/c1-7-20(28)14-17-10-8-13-21-22(17)26-27(25-21)19-12-9-11-18(15-19)24(5,6)16-23(2,3)4/h8-13,15,20,28H,7,14,16H2,1-6H3. The van der Waals surface area contributed by atoms with Gasteiger partial charge >= 0.3 is 0 Å². The molecule has 0 bridgehead atoms. The van der Waals surface area contributed by atoms with Crippen LogP contribution in [0.4, 0.5) is 0 Å². The number of aliphatic hydroxyl groups excluding tert-OH is 1. The Hall–Kier alpha value is -2.20. The summed E-state index contributed by atoms with van der Waals surface area (Å²) in [5, 5.41) is 19.5. The molecule has 1 aromatic heterocycles. The number of nitrogens with zero attached hydrogens (tertiary/aromatic N) is 3. The van der Waals surface area contributed by atoms with Gasteiger partial charge in [0.1, 0.15) is 11.0 Å². The monoisotopic (exact) mass is 379 g/mol. The van der Waals surface area contributed by atoms with E-state index in [1.807, 2.05) is 25.1 Å². The van der Waals surface area contributed by atoms with Crippen LogP contribution in [0.2, 0.25) is 0 Å². The lowest BCUT2D eigenvalue weighted by molar-refractivity contribution is 0.171. The van der Waals surface area contributed by atoms with Gasteiger partial charge in [0.05, 0.1) is 11.8 Å². The SMILES string of the molecule is CCC(O)Cc1cccc2nn(-c3cccc(C(C)(C)CC(C)(C)C)c3)nc12. The van der Waals surface area contributed by atoms with Crippen molar-refractivity contribution in [3.05, 3.63) is 53.6 Å². The minimum Gasteiger partial charge on any atom is -0.393 e. The van der Waals surface area contributed by atoms with E-state index in [0.29, 0.717) is 6.42 Å². The minimum atomic E-state index is -0.350. The maximum absolute atomic E-state index is 10.1. The predicted molar refractivity (Wildman–Crippen MR) is 116 cm³/mol. The van der Waals surface area contributed by atoms with Gasteiger partial charge in [0, 0.05) is 6.42 Å². The molecule has 4 nitrogen and oxygen atoms in total. The Kier molecular flexibility index (Phi) is 5.62. The van der Waals surface area contributed by atoms with Gasteiger partial charge in [-0.3, -0.25) is 0 Å². The Bertz CT molecular complexity index is 950. The minimum absolute atomic E-state index is 0.0667. The summed E-state index contributed by atoms with van der Waals surface area (Å²) < 4.78 is 0. The van der Waals surface area contributed by atoms with Crippen LogP contribution < -0.4 is 0 Å². The first kappa shape index (κ1) is 20.5. The number of rotatable bonds is 6. The molecule has 28 heavy (non-hydrogen) atoms. The third kappa shape index (κ3) is 4.61. The molecule has 1 heterocycles. The van der Waals surface area contributed by atoms with Crippen molar-refractivity contribution in [2.45, 2.75) is 72.3 Å². The summed E-state index contributed by atoms with van der Waals surface area (Å²) in [5.41, 5.74) is 5.36. The molecule has 0 spiro atoms. The lowest BCUT2D eigenvalue weighted by Crippen LogP contribution is -2.25. The summed E-state index contributed by atoms with van der Waals surface area (Å²) in [6.07, 6.45) is 2.08. The summed E-state index contributed by atoms with van der Waals surface area (Å²) in [7, 11) is 0. The van der Waals surface area contributed by atoms with E-state index in [9.17, 15) is 5.11 Å². The van der Waals surface area contributed by atoms with Crippen molar-refractivity contribution in [3.63, 3.8) is 0 Å². The van der Waals surface area contributed by atoms with Crippen LogP contribution >= 0.6 is 0 Å². The molecule has 1 unspecified atom stereocenters. The van der Waals surface area contributed by atoms with Crippen molar-refractivity contribution < 1.29 is 5.11 Å². The topological polar surface area (TPSA) is 50.9 Å². The Morgan fingerprint density at radius 1 is 1.00 bits per heavy atom. The molecule has 0 radical (unpaired) electrons. The second-order valence-electron chi connectivity index (χ2n) is 9.71. The van der Waals surface area contributed by atoms with E-state index in [-0.39, 0.29) is 16.9 Å². The van der Waals surface area contributed by atoms with Crippen molar-refractivity contribution in [2.24, 2.45) is 5.41 Å². The Morgan fingerprint density at radius 2 is 1.71 bits per heavy atom. The Balaban J connectivity index is 1.98. The van der Waals surface area contributed by atoms with Crippen LogP contribution in [-0.2, 0) is 11.8 Å². The van der Waals surface area contributed by atoms with Crippen LogP contribution in [0.25, 0.3) is 16.7 Å². The van der Waals surface area contributed by atoms with Crippen LogP contribution in [-0.4, -0.2) is 26.2 Å². The van der Waals surface area contributed by atoms with E-state index < -0.39 is 0 Å². The van der Waals surface area contributed by atoms with Crippen LogP contribution in [0.15, 0.2) is 42.5 Å². The fourth-order valence-corrected chi connectivity index (χ4v) is 4.15. The average molecular weight is 380 g/mol. The van der Waals surface area contributed by atoms with Crippen molar-refractivity contribution in [1.29, 1.82) is 0 Å². The second-order valence-corrected chi connectivity index (χ2v) is 9.71. The fraction of sp³-hybridized carbons (Fsp3) is 0.500. The van der Waals surface area contributed by atoms with E-state index in [4.69, 9.17) is 10.2 Å². The number of aliphatic hydroxyl groups is 1. The average Bonchev–Trinajstić information content (AvgIpc) is 3.05. The normalized spacial score (nSPS) is 13.8. The van der Waals surface area contributed by atoms with Crippen molar-refractivity contribution in [2.75, 3.05) is 0 Å². The summed E-state index contributed by atoms with van der Waals surface area (Å²) in [5.74, 6) is 0. The summed E-state index contributed by atoms with van der Waals surface area (Å²) in [4.78, 5) is 1.73. The molecule has 0 amide bonds. The maximum Gasteiger partial charge on any atom is 0.116 e. The van der Waals surface area contributed by atoms with Crippen LogP contribution in [0, 0.1) is 5.41 Å². The fourth-order valence-electron chi connectivity index (χ4n) is 4.15. The van der Waals surface area contributed by atoms with Gasteiger partial charge in [0.25, 0.3) is 0 Å². The molecule has 0 saturated heterocycles. The first-order valence-corrected chi connectivity index (χ1v) is 10.2. The van der Waals surface area contributed by atoms with Gasteiger partial charge in [-0.05, 0) is 53.0 Å². The third-order valence-corrected chi connectivity index (χ3v) is 5.25. The van der Waals surface area contributed by atoms with Gasteiger partial charge in [-0.1, -0.05) is 65.8 Å². The number of hydrogen-bond acceptors (Lipinski definition) is 3. The van der Waals surface area contributed by atoms with Gasteiger partial charge in [-0.25, -0.2) is 0 Å². The first-order chi connectivity index (χ1) is 13.1. The lowest BCUT2D eigenvalue weighted by Gasteiger charge is -2.33. The molecule has 3 rings (SSSR count). The van der Waals surface area contributed by atoms with Crippen LogP contribution in [0.3, 0.4) is 0 Å². The van der Waals surface area contributed by atoms with Gasteiger partial charge in [0.15, 0.2) is 0 Å². The van der Waals surface area contributed by atoms with Gasteiger partial charge in [-0.2, -0.15) is 4.80 Å². The molecule has 0 aliphatic heterocycles. The highest BCUT2D eigenvalue weighted by molar-refractivity contribution is 5.77. The molecule has 1 atom stereocenters. The van der Waals surface area contributed by atoms with E-state index >= 15 is 0 Å². The van der Waals surface area contributed by atoms with E-state index in [2.05, 4.69) is 58.9 Å². The van der Waals surface area contributed by atoms with E-state index in [1.54, 1.807) is 4.80 Å². The molecule has 2 aromatic carbocycles. The molecule has 3 aromatic rings. The molecule has 0 fully saturated rings. The van der Waals surface area contributed by atoms with Gasteiger partial charge in [-0.15, -0.1) is 10.2 Å². The number of hydrogen-bond donors (Lipinski definition) is 1. The molecular weight excluding hydrogens is 346 g/mol. The molecule has 0 saturated carbocycles. The number of benzene rings is 2. The largest absolute Gasteiger partial charge is 0.393 e. The zero-order valence-corrected chi connectivity index (χ0v) is 18.0. The van der Waals surface area contributed by atoms with E-state index in [1.165, 1.54) is 5.56 Å². The second kappa shape index (κ2) is 7.67. The summed E-state index contributed by atoms with van der Waals surface area (Å²) >= 11 is 0. The van der Waals surface area contributed by atoms with Crippen LogP contribution in [0.1, 0.15) is 65.5 Å². The third-order valence-electron chi connectivity index (χ3n) is 5.25. The molecule has 0 aliphatic carbocycles. The van der Waals surface area contributed by atoms with Crippen molar-refractivity contribution in [3.8, 4) is 5.69 Å². The predicted octanol–water partition coefficient (Wildman–Crippen LogP) is 5.45.